The summed E-state index contributed by atoms with van der Waals surface area (Å²) in [4.78, 5) is 21.1. The van der Waals surface area contributed by atoms with E-state index in [0.717, 1.165) is 6.08 Å². The lowest BCUT2D eigenvalue weighted by molar-refractivity contribution is -0.131. The van der Waals surface area contributed by atoms with E-state index in [1.54, 1.807) is 18.2 Å². The smallest absolute Gasteiger partial charge is 0.328 e. The number of methoxy groups -OCH3 is 1. The number of carboxylic acids is 1. The largest absolute Gasteiger partial charge is 0.495 e. The number of benzene rings is 1. The van der Waals surface area contributed by atoms with E-state index in [9.17, 15) is 9.59 Å². The van der Waals surface area contributed by atoms with Crippen LogP contribution in [0.1, 0.15) is 5.56 Å². The van der Waals surface area contributed by atoms with Crippen molar-refractivity contribution in [2.45, 2.75) is 0 Å². The summed E-state index contributed by atoms with van der Waals surface area (Å²) in [5.41, 5.74) is 5.99. The van der Waals surface area contributed by atoms with Gasteiger partial charge in [0.1, 0.15) is 5.75 Å². The van der Waals surface area contributed by atoms with Crippen molar-refractivity contribution in [3.63, 3.8) is 0 Å². The fourth-order valence-corrected chi connectivity index (χ4v) is 1.23. The molecule has 90 valence electrons. The van der Waals surface area contributed by atoms with Crippen LogP contribution in [0.4, 0.5) is 10.5 Å². The molecule has 0 radical (unpaired) electrons. The third-order valence-corrected chi connectivity index (χ3v) is 1.90. The lowest BCUT2D eigenvalue weighted by Crippen LogP contribution is -2.19. The fraction of sp³-hybridized carbons (Fsp3) is 0.0909. The van der Waals surface area contributed by atoms with Gasteiger partial charge in [0, 0.05) is 6.08 Å². The topological polar surface area (TPSA) is 102 Å². The molecule has 0 aromatic heterocycles. The highest BCUT2D eigenvalue weighted by atomic mass is 16.5. The van der Waals surface area contributed by atoms with Crippen LogP contribution in [0.2, 0.25) is 0 Å². The number of rotatable bonds is 4. The predicted octanol–water partition coefficient (Wildman–Crippen LogP) is 1.28. The SMILES string of the molecule is COc1ccc(/C=C/C(=O)O)cc1NC(N)=O. The van der Waals surface area contributed by atoms with Crippen LogP contribution >= 0.6 is 0 Å². The van der Waals surface area contributed by atoms with Gasteiger partial charge in [0.15, 0.2) is 0 Å². The Hall–Kier alpha value is -2.50. The number of aliphatic carboxylic acids is 1. The number of anilines is 1. The number of primary amides is 1. The Morgan fingerprint density at radius 1 is 1.47 bits per heavy atom. The number of amides is 2. The summed E-state index contributed by atoms with van der Waals surface area (Å²) in [7, 11) is 1.45. The Balaban J connectivity index is 3.03. The minimum atomic E-state index is -1.05. The van der Waals surface area contributed by atoms with Crippen LogP contribution in [0.15, 0.2) is 24.3 Å². The number of carbonyl (C=O) groups excluding carboxylic acids is 1. The maximum atomic E-state index is 10.8. The van der Waals surface area contributed by atoms with Gasteiger partial charge in [-0.3, -0.25) is 0 Å². The molecule has 6 nitrogen and oxygen atoms in total. The van der Waals surface area contributed by atoms with Gasteiger partial charge in [0.25, 0.3) is 0 Å². The molecule has 4 N–H and O–H groups in total. The maximum absolute atomic E-state index is 10.8. The van der Waals surface area contributed by atoms with Crippen molar-refractivity contribution in [2.24, 2.45) is 5.73 Å². The van der Waals surface area contributed by atoms with Gasteiger partial charge in [-0.05, 0) is 23.8 Å². The second-order valence-corrected chi connectivity index (χ2v) is 3.12. The van der Waals surface area contributed by atoms with Crippen LogP contribution in [0.5, 0.6) is 5.75 Å². The van der Waals surface area contributed by atoms with E-state index in [-0.39, 0.29) is 0 Å². The van der Waals surface area contributed by atoms with Crippen LogP contribution in [-0.4, -0.2) is 24.2 Å². The number of hydrogen-bond donors (Lipinski definition) is 3. The molecular weight excluding hydrogens is 224 g/mol. The summed E-state index contributed by atoms with van der Waals surface area (Å²) < 4.78 is 5.02. The van der Waals surface area contributed by atoms with Crippen LogP contribution < -0.4 is 15.8 Å². The van der Waals surface area contributed by atoms with Crippen LogP contribution in [0, 0.1) is 0 Å². The first-order valence-electron chi connectivity index (χ1n) is 4.68. The lowest BCUT2D eigenvalue weighted by Gasteiger charge is -2.09. The summed E-state index contributed by atoms with van der Waals surface area (Å²) in [6, 6.07) is 4.10. The quantitative estimate of drug-likeness (QED) is 0.685. The van der Waals surface area contributed by atoms with E-state index in [1.165, 1.54) is 13.2 Å². The van der Waals surface area contributed by atoms with E-state index in [4.69, 9.17) is 15.6 Å². The number of carbonyl (C=O) groups is 2. The molecule has 0 atom stereocenters. The molecule has 1 aromatic carbocycles. The molecule has 0 saturated carbocycles. The number of ether oxygens (including phenoxy) is 1. The van der Waals surface area contributed by atoms with Crippen molar-refractivity contribution in [1.29, 1.82) is 0 Å². The molecule has 0 aliphatic rings. The minimum Gasteiger partial charge on any atom is -0.495 e. The van der Waals surface area contributed by atoms with E-state index in [1.807, 2.05) is 0 Å². The Morgan fingerprint density at radius 2 is 2.18 bits per heavy atom. The second kappa shape index (κ2) is 5.55. The van der Waals surface area contributed by atoms with Crippen molar-refractivity contribution in [3.05, 3.63) is 29.8 Å². The third kappa shape index (κ3) is 3.86. The Labute approximate surface area is 97.7 Å². The molecule has 0 bridgehead atoms. The monoisotopic (exact) mass is 236 g/mol. The van der Waals surface area contributed by atoms with E-state index >= 15 is 0 Å². The van der Waals surface area contributed by atoms with Gasteiger partial charge in [-0.15, -0.1) is 0 Å². The average Bonchev–Trinajstić information content (AvgIpc) is 2.25. The molecule has 0 spiro atoms. The van der Waals surface area contributed by atoms with Gasteiger partial charge in [-0.25, -0.2) is 9.59 Å². The van der Waals surface area contributed by atoms with Crippen molar-refractivity contribution in [2.75, 3.05) is 12.4 Å². The fourth-order valence-electron chi connectivity index (χ4n) is 1.23. The van der Waals surface area contributed by atoms with Gasteiger partial charge in [-0.2, -0.15) is 0 Å². The summed E-state index contributed by atoms with van der Waals surface area (Å²) in [6.45, 7) is 0. The molecule has 0 fully saturated rings. The molecule has 1 rings (SSSR count). The maximum Gasteiger partial charge on any atom is 0.328 e. The molecule has 0 heterocycles. The first-order chi connectivity index (χ1) is 8.02. The molecule has 0 unspecified atom stereocenters. The molecule has 17 heavy (non-hydrogen) atoms. The molecule has 0 aliphatic heterocycles. The van der Waals surface area contributed by atoms with Gasteiger partial charge < -0.3 is 20.9 Å². The zero-order chi connectivity index (χ0) is 12.8. The highest BCUT2D eigenvalue weighted by Crippen LogP contribution is 2.25. The Morgan fingerprint density at radius 3 is 2.71 bits per heavy atom. The van der Waals surface area contributed by atoms with Crippen molar-refractivity contribution < 1.29 is 19.4 Å². The summed E-state index contributed by atoms with van der Waals surface area (Å²) in [6.07, 6.45) is 2.39. The first-order valence-corrected chi connectivity index (χ1v) is 4.68. The van der Waals surface area contributed by atoms with Gasteiger partial charge in [0.2, 0.25) is 0 Å². The number of nitrogens with two attached hydrogens (primary N) is 1. The first kappa shape index (κ1) is 12.6. The normalized spacial score (nSPS) is 10.2. The highest BCUT2D eigenvalue weighted by Gasteiger charge is 2.05. The predicted molar refractivity (Wildman–Crippen MR) is 62.9 cm³/mol. The van der Waals surface area contributed by atoms with E-state index < -0.39 is 12.0 Å². The zero-order valence-corrected chi connectivity index (χ0v) is 9.14. The molecule has 0 saturated heterocycles. The molecule has 1 aromatic rings. The van der Waals surface area contributed by atoms with Crippen LogP contribution in [0.25, 0.3) is 6.08 Å². The zero-order valence-electron chi connectivity index (χ0n) is 9.14. The highest BCUT2D eigenvalue weighted by molar-refractivity contribution is 5.91. The molecular formula is C11H12N2O4. The van der Waals surface area contributed by atoms with Crippen LogP contribution in [-0.2, 0) is 4.79 Å². The number of nitrogens with one attached hydrogen (secondary N) is 1. The van der Waals surface area contributed by atoms with Crippen LogP contribution in [0.3, 0.4) is 0 Å². The van der Waals surface area contributed by atoms with Crippen molar-refractivity contribution in [3.8, 4) is 5.75 Å². The number of urea groups is 1. The summed E-state index contributed by atoms with van der Waals surface area (Å²) in [5.74, 6) is -0.610. The number of hydrogen-bond acceptors (Lipinski definition) is 3. The lowest BCUT2D eigenvalue weighted by atomic mass is 10.1. The summed E-state index contributed by atoms with van der Waals surface area (Å²) in [5, 5.41) is 10.9. The van der Waals surface area contributed by atoms with Gasteiger partial charge in [-0.1, -0.05) is 6.07 Å². The van der Waals surface area contributed by atoms with Gasteiger partial charge in [0.05, 0.1) is 12.8 Å². The standard InChI is InChI=1S/C11H12N2O4/c1-17-9-4-2-7(3-5-10(14)15)6-8(9)13-11(12)16/h2-6H,1H3,(H,14,15)(H3,12,13,16)/b5-3+. The number of carboxylic acid groups (broad SMARTS) is 1. The van der Waals surface area contributed by atoms with Crippen molar-refractivity contribution in [1.82, 2.24) is 0 Å². The van der Waals surface area contributed by atoms with Crippen molar-refractivity contribution >= 4 is 23.8 Å². The second-order valence-electron chi connectivity index (χ2n) is 3.12. The Kier molecular flexibility index (Phi) is 4.10. The Bertz CT molecular complexity index is 469. The minimum absolute atomic E-state index is 0.382. The molecule has 2 amide bonds. The average molecular weight is 236 g/mol. The van der Waals surface area contributed by atoms with E-state index in [2.05, 4.69) is 5.32 Å². The van der Waals surface area contributed by atoms with E-state index in [0.29, 0.717) is 17.0 Å². The van der Waals surface area contributed by atoms with Gasteiger partial charge >= 0.3 is 12.0 Å². The molecule has 0 aliphatic carbocycles. The third-order valence-electron chi connectivity index (χ3n) is 1.90. The summed E-state index contributed by atoms with van der Waals surface area (Å²) >= 11 is 0. The molecule has 6 heteroatoms.